The van der Waals surface area contributed by atoms with Crippen molar-refractivity contribution in [2.24, 2.45) is 7.05 Å². The molecule has 0 saturated carbocycles. The Morgan fingerprint density at radius 1 is 1.21 bits per heavy atom. The van der Waals surface area contributed by atoms with Crippen molar-refractivity contribution in [2.45, 2.75) is 25.8 Å². The summed E-state index contributed by atoms with van der Waals surface area (Å²) in [4.78, 5) is 19.7. The van der Waals surface area contributed by atoms with Crippen molar-refractivity contribution in [3.05, 3.63) is 47.3 Å². The van der Waals surface area contributed by atoms with E-state index in [-0.39, 0.29) is 11.9 Å². The number of rotatable bonds is 4. The van der Waals surface area contributed by atoms with Crippen molar-refractivity contribution in [3.63, 3.8) is 0 Å². The van der Waals surface area contributed by atoms with Gasteiger partial charge in [0.05, 0.1) is 31.5 Å². The van der Waals surface area contributed by atoms with Gasteiger partial charge in [0, 0.05) is 36.8 Å². The number of hydrogen-bond donors (Lipinski definition) is 0. The third-order valence-corrected chi connectivity index (χ3v) is 5.42. The van der Waals surface area contributed by atoms with Crippen molar-refractivity contribution in [3.8, 4) is 11.5 Å². The number of methoxy groups -OCH3 is 2. The molecule has 7 heteroatoms. The Bertz CT molecular complexity index is 1040. The molecule has 4 rings (SSSR count). The molecule has 0 bridgehead atoms. The lowest BCUT2D eigenvalue weighted by molar-refractivity contribution is 0.0734. The van der Waals surface area contributed by atoms with Crippen molar-refractivity contribution in [2.75, 3.05) is 20.8 Å². The van der Waals surface area contributed by atoms with Crippen LogP contribution in [0.1, 0.15) is 40.5 Å². The molecule has 3 heterocycles. The van der Waals surface area contributed by atoms with E-state index in [1.54, 1.807) is 25.1 Å². The third kappa shape index (κ3) is 2.96. The molecular formula is C21H24N4O3. The van der Waals surface area contributed by atoms with Gasteiger partial charge in [-0.1, -0.05) is 0 Å². The molecule has 7 nitrogen and oxygen atoms in total. The van der Waals surface area contributed by atoms with Gasteiger partial charge in [-0.3, -0.25) is 9.48 Å². The first-order chi connectivity index (χ1) is 13.5. The van der Waals surface area contributed by atoms with Gasteiger partial charge in [-0.05, 0) is 38.0 Å². The summed E-state index contributed by atoms with van der Waals surface area (Å²) < 4.78 is 12.6. The van der Waals surface area contributed by atoms with Crippen LogP contribution in [0.2, 0.25) is 0 Å². The molecule has 1 unspecified atom stereocenters. The second kappa shape index (κ2) is 7.14. The SMILES string of the molecule is COc1ccc(C2CCCN2C(=O)c2cnc3c(c2)c(C)nn3C)c(OC)c1. The van der Waals surface area contributed by atoms with Crippen LogP contribution in [0.3, 0.4) is 0 Å². The summed E-state index contributed by atoms with van der Waals surface area (Å²) in [6.45, 7) is 2.64. The van der Waals surface area contributed by atoms with E-state index >= 15 is 0 Å². The molecular weight excluding hydrogens is 356 g/mol. The molecule has 1 aliphatic rings. The summed E-state index contributed by atoms with van der Waals surface area (Å²) >= 11 is 0. The summed E-state index contributed by atoms with van der Waals surface area (Å²) in [5, 5.41) is 5.30. The molecule has 0 spiro atoms. The molecule has 0 aliphatic carbocycles. The molecule has 0 N–H and O–H groups in total. The highest BCUT2D eigenvalue weighted by molar-refractivity contribution is 5.97. The number of hydrogen-bond acceptors (Lipinski definition) is 5. The van der Waals surface area contributed by atoms with Gasteiger partial charge in [-0.15, -0.1) is 0 Å². The number of ether oxygens (including phenoxy) is 2. The number of pyridine rings is 1. The maximum atomic E-state index is 13.3. The van der Waals surface area contributed by atoms with Gasteiger partial charge >= 0.3 is 0 Å². The van der Waals surface area contributed by atoms with E-state index in [0.29, 0.717) is 12.1 Å². The average Bonchev–Trinajstić information content (AvgIpc) is 3.31. The molecule has 2 aromatic heterocycles. The van der Waals surface area contributed by atoms with Crippen molar-refractivity contribution in [1.29, 1.82) is 0 Å². The third-order valence-electron chi connectivity index (χ3n) is 5.42. The van der Waals surface area contributed by atoms with E-state index < -0.39 is 0 Å². The van der Waals surface area contributed by atoms with Crippen molar-refractivity contribution >= 4 is 16.9 Å². The van der Waals surface area contributed by atoms with Gasteiger partial charge in [0.2, 0.25) is 0 Å². The monoisotopic (exact) mass is 380 g/mol. The quantitative estimate of drug-likeness (QED) is 0.695. The standard InChI is InChI=1S/C21H24N4O3/c1-13-17-10-14(12-22-20(17)24(2)23-13)21(26)25-9-5-6-18(25)16-8-7-15(27-3)11-19(16)28-4/h7-8,10-12,18H,5-6,9H2,1-4H3. The fourth-order valence-corrected chi connectivity index (χ4v) is 4.02. The van der Waals surface area contributed by atoms with Crippen LogP contribution in [-0.4, -0.2) is 46.3 Å². The average molecular weight is 380 g/mol. The second-order valence-electron chi connectivity index (χ2n) is 7.07. The van der Waals surface area contributed by atoms with Crippen LogP contribution in [-0.2, 0) is 7.05 Å². The van der Waals surface area contributed by atoms with Gasteiger partial charge in [0.25, 0.3) is 5.91 Å². The molecule has 1 fully saturated rings. The lowest BCUT2D eigenvalue weighted by atomic mass is 10.0. The zero-order chi connectivity index (χ0) is 19.8. The highest BCUT2D eigenvalue weighted by Gasteiger charge is 2.33. The normalized spacial score (nSPS) is 16.6. The summed E-state index contributed by atoms with van der Waals surface area (Å²) in [5.74, 6) is 1.46. The van der Waals surface area contributed by atoms with E-state index in [1.807, 2.05) is 43.1 Å². The van der Waals surface area contributed by atoms with Crippen LogP contribution in [0, 0.1) is 6.92 Å². The van der Waals surface area contributed by atoms with E-state index in [2.05, 4.69) is 10.1 Å². The Morgan fingerprint density at radius 2 is 2.04 bits per heavy atom. The Balaban J connectivity index is 1.69. The topological polar surface area (TPSA) is 69.5 Å². The van der Waals surface area contributed by atoms with Gasteiger partial charge in [0.15, 0.2) is 5.65 Å². The number of carbonyl (C=O) groups excluding carboxylic acids is 1. The van der Waals surface area contributed by atoms with Crippen LogP contribution in [0.15, 0.2) is 30.5 Å². The first kappa shape index (κ1) is 18.3. The minimum Gasteiger partial charge on any atom is -0.497 e. The molecule has 3 aromatic rings. The number of carbonyl (C=O) groups is 1. The second-order valence-corrected chi connectivity index (χ2v) is 7.07. The van der Waals surface area contributed by atoms with Gasteiger partial charge in [-0.2, -0.15) is 5.10 Å². The van der Waals surface area contributed by atoms with Crippen LogP contribution in [0.5, 0.6) is 11.5 Å². The Hall–Kier alpha value is -3.09. The summed E-state index contributed by atoms with van der Waals surface area (Å²) in [7, 11) is 5.13. The number of aryl methyl sites for hydroxylation is 2. The van der Waals surface area contributed by atoms with E-state index in [1.165, 1.54) is 0 Å². The Kier molecular flexibility index (Phi) is 4.66. The van der Waals surface area contributed by atoms with Crippen LogP contribution >= 0.6 is 0 Å². The molecule has 1 aromatic carbocycles. The number of aromatic nitrogens is 3. The lowest BCUT2D eigenvalue weighted by Gasteiger charge is -2.26. The zero-order valence-electron chi connectivity index (χ0n) is 16.6. The number of fused-ring (bicyclic) bond motifs is 1. The number of likely N-dealkylation sites (tertiary alicyclic amines) is 1. The number of nitrogens with zero attached hydrogens (tertiary/aromatic N) is 4. The minimum atomic E-state index is -0.0287. The Morgan fingerprint density at radius 3 is 2.79 bits per heavy atom. The van der Waals surface area contributed by atoms with Gasteiger partial charge in [0.1, 0.15) is 11.5 Å². The summed E-state index contributed by atoms with van der Waals surface area (Å²) in [6.07, 6.45) is 3.50. The van der Waals surface area contributed by atoms with Crippen LogP contribution in [0.25, 0.3) is 11.0 Å². The lowest BCUT2D eigenvalue weighted by Crippen LogP contribution is -2.30. The van der Waals surface area contributed by atoms with Gasteiger partial charge < -0.3 is 14.4 Å². The molecule has 0 radical (unpaired) electrons. The molecule has 146 valence electrons. The van der Waals surface area contributed by atoms with E-state index in [4.69, 9.17) is 9.47 Å². The van der Waals surface area contributed by atoms with Crippen molar-refractivity contribution in [1.82, 2.24) is 19.7 Å². The molecule has 1 amide bonds. The smallest absolute Gasteiger partial charge is 0.255 e. The molecule has 1 aliphatic heterocycles. The van der Waals surface area contributed by atoms with Crippen molar-refractivity contribution < 1.29 is 14.3 Å². The highest BCUT2D eigenvalue weighted by atomic mass is 16.5. The van der Waals surface area contributed by atoms with E-state index in [0.717, 1.165) is 46.6 Å². The maximum absolute atomic E-state index is 13.3. The maximum Gasteiger partial charge on any atom is 0.255 e. The predicted molar refractivity (Wildman–Crippen MR) is 106 cm³/mol. The highest BCUT2D eigenvalue weighted by Crippen LogP contribution is 2.39. The fraction of sp³-hybridized carbons (Fsp3) is 0.381. The first-order valence-corrected chi connectivity index (χ1v) is 9.35. The molecule has 28 heavy (non-hydrogen) atoms. The molecule has 1 atom stereocenters. The predicted octanol–water partition coefficient (Wildman–Crippen LogP) is 3.27. The fourth-order valence-electron chi connectivity index (χ4n) is 4.02. The zero-order valence-corrected chi connectivity index (χ0v) is 16.6. The van der Waals surface area contributed by atoms with Crippen LogP contribution in [0.4, 0.5) is 0 Å². The summed E-state index contributed by atoms with van der Waals surface area (Å²) in [5.41, 5.74) is 3.24. The Labute approximate surface area is 163 Å². The summed E-state index contributed by atoms with van der Waals surface area (Å²) in [6, 6.07) is 7.63. The molecule has 1 saturated heterocycles. The van der Waals surface area contributed by atoms with E-state index in [9.17, 15) is 4.79 Å². The first-order valence-electron chi connectivity index (χ1n) is 9.35. The van der Waals surface area contributed by atoms with Crippen LogP contribution < -0.4 is 9.47 Å². The minimum absolute atomic E-state index is 0.0157. The number of benzene rings is 1. The largest absolute Gasteiger partial charge is 0.497 e. The van der Waals surface area contributed by atoms with Gasteiger partial charge in [-0.25, -0.2) is 4.98 Å². The number of amides is 1.